The topological polar surface area (TPSA) is 83.3 Å². The first-order valence-corrected chi connectivity index (χ1v) is 8.95. The Labute approximate surface area is 143 Å². The van der Waals surface area contributed by atoms with Crippen LogP contribution in [0.15, 0.2) is 0 Å². The van der Waals surface area contributed by atoms with E-state index in [1.165, 1.54) is 0 Å². The molecule has 0 aromatic rings. The zero-order valence-electron chi connectivity index (χ0n) is 15.1. The number of hydrogen-bond acceptors (Lipinski definition) is 7. The number of fused-ring (bicyclic) bond motifs is 1. The lowest BCUT2D eigenvalue weighted by atomic mass is 10.0. The Bertz CT molecular complexity index is 462. The van der Waals surface area contributed by atoms with Gasteiger partial charge in [-0.25, -0.2) is 0 Å². The Kier molecular flexibility index (Phi) is 5.18. The highest BCUT2D eigenvalue weighted by molar-refractivity contribution is 5.71. The molecule has 0 aromatic carbocycles. The lowest BCUT2D eigenvalue weighted by Gasteiger charge is -2.34. The number of carbonyl (C=O) groups is 1. The normalized spacial score (nSPS) is 36.9. The van der Waals surface area contributed by atoms with Gasteiger partial charge in [0, 0.05) is 12.6 Å². The summed E-state index contributed by atoms with van der Waals surface area (Å²) in [6.45, 7) is 9.92. The molecule has 0 unspecified atom stereocenters. The van der Waals surface area contributed by atoms with E-state index in [1.807, 2.05) is 27.7 Å². The van der Waals surface area contributed by atoms with Gasteiger partial charge in [-0.2, -0.15) is 0 Å². The standard InChI is InChI=1S/C17H30N2O5/c1-10(2)15(20)22-13-12(9-19-7-5-11(18)6-8-19)21-16-14(13)23-17(3,4)24-16/h10-14,16H,5-9,18H2,1-4H3/t12-,13+,14-,16-/m1/s1. The first kappa shape index (κ1) is 18.1. The van der Waals surface area contributed by atoms with E-state index < -0.39 is 18.2 Å². The Morgan fingerprint density at radius 3 is 2.58 bits per heavy atom. The molecule has 3 heterocycles. The summed E-state index contributed by atoms with van der Waals surface area (Å²) in [6, 6.07) is 0.284. The van der Waals surface area contributed by atoms with Crippen LogP contribution in [0.2, 0.25) is 0 Å². The zero-order valence-corrected chi connectivity index (χ0v) is 15.1. The Morgan fingerprint density at radius 1 is 1.29 bits per heavy atom. The third-order valence-corrected chi connectivity index (χ3v) is 4.88. The molecule has 7 nitrogen and oxygen atoms in total. The van der Waals surface area contributed by atoms with Crippen LogP contribution in [0, 0.1) is 5.92 Å². The van der Waals surface area contributed by atoms with Crippen LogP contribution in [-0.4, -0.2) is 66.9 Å². The number of piperidine rings is 1. The van der Waals surface area contributed by atoms with Gasteiger partial charge in [0.05, 0.1) is 5.92 Å². The van der Waals surface area contributed by atoms with Gasteiger partial charge in [0.15, 0.2) is 24.3 Å². The van der Waals surface area contributed by atoms with Gasteiger partial charge in [-0.1, -0.05) is 13.8 Å². The number of carbonyl (C=O) groups excluding carboxylic acids is 1. The van der Waals surface area contributed by atoms with Crippen molar-refractivity contribution in [2.75, 3.05) is 19.6 Å². The van der Waals surface area contributed by atoms with Gasteiger partial charge >= 0.3 is 5.97 Å². The summed E-state index contributed by atoms with van der Waals surface area (Å²) in [4.78, 5) is 14.4. The van der Waals surface area contributed by atoms with E-state index in [4.69, 9.17) is 24.7 Å². The number of nitrogens with two attached hydrogens (primary N) is 1. The van der Waals surface area contributed by atoms with Crippen LogP contribution < -0.4 is 5.73 Å². The summed E-state index contributed by atoms with van der Waals surface area (Å²) in [6.07, 6.45) is 0.420. The lowest BCUT2D eigenvalue weighted by Crippen LogP contribution is -2.47. The third kappa shape index (κ3) is 3.91. The largest absolute Gasteiger partial charge is 0.456 e. The average molecular weight is 342 g/mol. The van der Waals surface area contributed by atoms with Crippen LogP contribution in [0.3, 0.4) is 0 Å². The first-order valence-electron chi connectivity index (χ1n) is 8.95. The van der Waals surface area contributed by atoms with Gasteiger partial charge in [0.25, 0.3) is 0 Å². The molecule has 24 heavy (non-hydrogen) atoms. The molecule has 0 bridgehead atoms. The van der Waals surface area contributed by atoms with Gasteiger partial charge in [-0.15, -0.1) is 0 Å². The smallest absolute Gasteiger partial charge is 0.308 e. The molecular weight excluding hydrogens is 312 g/mol. The van der Waals surface area contributed by atoms with E-state index in [-0.39, 0.29) is 30.1 Å². The molecule has 0 aromatic heterocycles. The molecule has 3 aliphatic rings. The highest BCUT2D eigenvalue weighted by atomic mass is 16.8. The number of likely N-dealkylation sites (tertiary alicyclic amines) is 1. The molecular formula is C17H30N2O5. The van der Waals surface area contributed by atoms with Crippen molar-refractivity contribution < 1.29 is 23.7 Å². The molecule has 3 rings (SSSR count). The van der Waals surface area contributed by atoms with Gasteiger partial charge in [-0.3, -0.25) is 4.79 Å². The minimum Gasteiger partial charge on any atom is -0.456 e. The molecule has 0 spiro atoms. The highest BCUT2D eigenvalue weighted by Gasteiger charge is 2.56. The van der Waals surface area contributed by atoms with Crippen molar-refractivity contribution in [3.05, 3.63) is 0 Å². The molecule has 2 N–H and O–H groups in total. The van der Waals surface area contributed by atoms with Gasteiger partial charge < -0.3 is 29.6 Å². The number of ether oxygens (including phenoxy) is 4. The lowest BCUT2D eigenvalue weighted by molar-refractivity contribution is -0.221. The van der Waals surface area contributed by atoms with Crippen LogP contribution in [-0.2, 0) is 23.7 Å². The van der Waals surface area contributed by atoms with E-state index in [9.17, 15) is 4.79 Å². The molecule has 138 valence electrons. The molecule has 4 atom stereocenters. The highest BCUT2D eigenvalue weighted by Crippen LogP contribution is 2.39. The molecule has 0 aliphatic carbocycles. The summed E-state index contributed by atoms with van der Waals surface area (Å²) in [7, 11) is 0. The summed E-state index contributed by atoms with van der Waals surface area (Å²) in [5.74, 6) is -1.14. The Hall–Kier alpha value is -0.730. The monoisotopic (exact) mass is 342 g/mol. The van der Waals surface area contributed by atoms with Crippen molar-refractivity contribution in [1.29, 1.82) is 0 Å². The molecule has 0 saturated carbocycles. The summed E-state index contributed by atoms with van der Waals surface area (Å²) in [5, 5.41) is 0. The molecule has 3 aliphatic heterocycles. The third-order valence-electron chi connectivity index (χ3n) is 4.88. The fourth-order valence-electron chi connectivity index (χ4n) is 3.50. The predicted octanol–water partition coefficient (Wildman–Crippen LogP) is 0.854. The summed E-state index contributed by atoms with van der Waals surface area (Å²) >= 11 is 0. The Balaban J connectivity index is 1.67. The average Bonchev–Trinajstić information content (AvgIpc) is 2.94. The van der Waals surface area contributed by atoms with Crippen molar-refractivity contribution in [2.24, 2.45) is 11.7 Å². The maximum Gasteiger partial charge on any atom is 0.308 e. The van der Waals surface area contributed by atoms with E-state index in [0.29, 0.717) is 6.54 Å². The van der Waals surface area contributed by atoms with E-state index >= 15 is 0 Å². The molecule has 0 radical (unpaired) electrons. The second-order valence-corrected chi connectivity index (χ2v) is 7.84. The molecule has 3 saturated heterocycles. The fraction of sp³-hybridized carbons (Fsp3) is 0.941. The Morgan fingerprint density at radius 2 is 1.96 bits per heavy atom. The maximum absolute atomic E-state index is 12.1. The van der Waals surface area contributed by atoms with Crippen LogP contribution in [0.5, 0.6) is 0 Å². The second-order valence-electron chi connectivity index (χ2n) is 7.84. The number of rotatable bonds is 4. The van der Waals surface area contributed by atoms with Crippen molar-refractivity contribution in [3.8, 4) is 0 Å². The minimum atomic E-state index is -0.722. The van der Waals surface area contributed by atoms with Crippen LogP contribution >= 0.6 is 0 Å². The van der Waals surface area contributed by atoms with Crippen molar-refractivity contribution in [1.82, 2.24) is 4.90 Å². The molecule has 0 amide bonds. The summed E-state index contributed by atoms with van der Waals surface area (Å²) in [5.41, 5.74) is 5.97. The number of hydrogen-bond donors (Lipinski definition) is 1. The quantitative estimate of drug-likeness (QED) is 0.759. The number of esters is 1. The van der Waals surface area contributed by atoms with Gasteiger partial charge in [0.2, 0.25) is 0 Å². The van der Waals surface area contributed by atoms with Crippen molar-refractivity contribution in [2.45, 2.75) is 77.0 Å². The molecule has 3 fully saturated rings. The van der Waals surface area contributed by atoms with Crippen LogP contribution in [0.4, 0.5) is 0 Å². The fourth-order valence-corrected chi connectivity index (χ4v) is 3.50. The van der Waals surface area contributed by atoms with Crippen LogP contribution in [0.1, 0.15) is 40.5 Å². The van der Waals surface area contributed by atoms with Crippen LogP contribution in [0.25, 0.3) is 0 Å². The molecule has 7 heteroatoms. The van der Waals surface area contributed by atoms with E-state index in [2.05, 4.69) is 4.90 Å². The van der Waals surface area contributed by atoms with E-state index in [1.54, 1.807) is 0 Å². The zero-order chi connectivity index (χ0) is 17.5. The van der Waals surface area contributed by atoms with Crippen molar-refractivity contribution in [3.63, 3.8) is 0 Å². The van der Waals surface area contributed by atoms with Gasteiger partial charge in [-0.05, 0) is 39.8 Å². The van der Waals surface area contributed by atoms with Crippen molar-refractivity contribution >= 4 is 5.97 Å². The second kappa shape index (κ2) is 6.88. The maximum atomic E-state index is 12.1. The number of nitrogens with zero attached hydrogens (tertiary/aromatic N) is 1. The minimum absolute atomic E-state index is 0.187. The van der Waals surface area contributed by atoms with E-state index in [0.717, 1.165) is 25.9 Å². The first-order chi connectivity index (χ1) is 11.2. The SMILES string of the molecule is CC(C)C(=O)O[C@@H]1[C@H]2OC(C)(C)O[C@H]2O[C@@H]1CN1CCC(N)CC1. The summed E-state index contributed by atoms with van der Waals surface area (Å²) < 4.78 is 23.5. The van der Waals surface area contributed by atoms with Gasteiger partial charge in [0.1, 0.15) is 6.10 Å². The predicted molar refractivity (Wildman–Crippen MR) is 87.1 cm³/mol.